The first-order chi connectivity index (χ1) is 14.4. The smallest absolute Gasteiger partial charge is 0.339 e. The minimum atomic E-state index is -0.423. The van der Waals surface area contributed by atoms with Crippen LogP contribution in [0.15, 0.2) is 30.9 Å². The number of pyridine rings is 1. The number of anilines is 4. The van der Waals surface area contributed by atoms with Crippen LogP contribution >= 0.6 is 0 Å². The molecule has 0 aliphatic rings. The molecule has 0 amide bonds. The molecule has 0 spiro atoms. The number of hydrogen-bond donors (Lipinski definition) is 2. The summed E-state index contributed by atoms with van der Waals surface area (Å²) in [5.74, 6) is 0.576. The Hall–Kier alpha value is -4.02. The molecule has 4 heterocycles. The molecular weight excluding hydrogens is 386 g/mol. The van der Waals surface area contributed by atoms with Crippen LogP contribution in [-0.4, -0.2) is 47.1 Å². The van der Waals surface area contributed by atoms with Crippen molar-refractivity contribution in [3.8, 4) is 0 Å². The van der Waals surface area contributed by atoms with Crippen molar-refractivity contribution in [1.82, 2.24) is 34.5 Å². The van der Waals surface area contributed by atoms with E-state index in [2.05, 4.69) is 35.8 Å². The van der Waals surface area contributed by atoms with E-state index in [-0.39, 0.29) is 0 Å². The fourth-order valence-corrected chi connectivity index (χ4v) is 2.92. The van der Waals surface area contributed by atoms with Gasteiger partial charge in [-0.05, 0) is 19.9 Å². The predicted molar refractivity (Wildman–Crippen MR) is 111 cm³/mol. The van der Waals surface area contributed by atoms with Gasteiger partial charge in [-0.3, -0.25) is 9.67 Å². The van der Waals surface area contributed by atoms with Crippen molar-refractivity contribution in [2.75, 3.05) is 17.2 Å². The number of aromatic nitrogens is 7. The van der Waals surface area contributed by atoms with Gasteiger partial charge in [-0.2, -0.15) is 15.2 Å². The summed E-state index contributed by atoms with van der Waals surface area (Å²) in [5, 5.41) is 15.7. The van der Waals surface area contributed by atoms with Gasteiger partial charge in [0.05, 0.1) is 40.8 Å². The number of hydrogen-bond acceptors (Lipinski definition) is 9. The van der Waals surface area contributed by atoms with Crippen molar-refractivity contribution in [1.29, 1.82) is 0 Å². The average Bonchev–Trinajstić information content (AvgIpc) is 3.26. The Morgan fingerprint density at radius 2 is 2.00 bits per heavy atom. The zero-order valence-electron chi connectivity index (χ0n) is 17.0. The third kappa shape index (κ3) is 3.77. The number of fused-ring (bicyclic) bond motifs is 1. The maximum absolute atomic E-state index is 12.0. The quantitative estimate of drug-likeness (QED) is 0.464. The van der Waals surface area contributed by atoms with Crippen LogP contribution in [0.1, 0.15) is 23.0 Å². The van der Waals surface area contributed by atoms with Crippen LogP contribution in [0.3, 0.4) is 0 Å². The SMILES string of the molecule is CCOC(=O)c1cnc(C)c(Nc2nn(C)c3nc(Nc4cnn(C)c4)ncc23)c1. The Labute approximate surface area is 172 Å². The fourth-order valence-electron chi connectivity index (χ4n) is 2.92. The highest BCUT2D eigenvalue weighted by Gasteiger charge is 2.15. The zero-order chi connectivity index (χ0) is 21.3. The van der Waals surface area contributed by atoms with E-state index >= 15 is 0 Å². The average molecular weight is 407 g/mol. The molecule has 2 N–H and O–H groups in total. The summed E-state index contributed by atoms with van der Waals surface area (Å²) in [5.41, 5.74) is 3.17. The van der Waals surface area contributed by atoms with E-state index in [0.717, 1.165) is 16.8 Å². The van der Waals surface area contributed by atoms with Crippen molar-refractivity contribution in [2.24, 2.45) is 14.1 Å². The molecule has 0 aromatic carbocycles. The van der Waals surface area contributed by atoms with Crippen LogP contribution in [0.2, 0.25) is 0 Å². The van der Waals surface area contributed by atoms with Gasteiger partial charge in [0.15, 0.2) is 11.5 Å². The topological polar surface area (TPSA) is 125 Å². The molecule has 0 fully saturated rings. The van der Waals surface area contributed by atoms with E-state index in [0.29, 0.717) is 35.3 Å². The molecular formula is C19H21N9O2. The molecule has 0 aliphatic heterocycles. The summed E-state index contributed by atoms with van der Waals surface area (Å²) in [4.78, 5) is 25.2. The lowest BCUT2D eigenvalue weighted by Crippen LogP contribution is -2.07. The summed E-state index contributed by atoms with van der Waals surface area (Å²) >= 11 is 0. The van der Waals surface area contributed by atoms with Gasteiger partial charge >= 0.3 is 5.97 Å². The minimum absolute atomic E-state index is 0.299. The first-order valence-electron chi connectivity index (χ1n) is 9.30. The van der Waals surface area contributed by atoms with E-state index in [1.165, 1.54) is 6.20 Å². The lowest BCUT2D eigenvalue weighted by molar-refractivity contribution is 0.0526. The molecule has 0 saturated carbocycles. The summed E-state index contributed by atoms with van der Waals surface area (Å²) in [6, 6.07) is 1.69. The van der Waals surface area contributed by atoms with Crippen molar-refractivity contribution >= 4 is 40.1 Å². The van der Waals surface area contributed by atoms with Gasteiger partial charge in [0.25, 0.3) is 0 Å². The van der Waals surface area contributed by atoms with Crippen LogP contribution < -0.4 is 10.6 Å². The fraction of sp³-hybridized carbons (Fsp3) is 0.263. The molecule has 0 bridgehead atoms. The second-order valence-corrected chi connectivity index (χ2v) is 6.63. The zero-order valence-corrected chi connectivity index (χ0v) is 17.0. The van der Waals surface area contributed by atoms with Crippen LogP contribution in [0.25, 0.3) is 11.0 Å². The Morgan fingerprint density at radius 3 is 2.73 bits per heavy atom. The second-order valence-electron chi connectivity index (χ2n) is 6.63. The summed E-state index contributed by atoms with van der Waals surface area (Å²) in [7, 11) is 3.64. The molecule has 4 aromatic rings. The normalized spacial score (nSPS) is 10.9. The maximum Gasteiger partial charge on any atom is 0.339 e. The number of esters is 1. The molecule has 4 rings (SSSR count). The van der Waals surface area contributed by atoms with Crippen molar-refractivity contribution in [3.05, 3.63) is 42.1 Å². The highest BCUT2D eigenvalue weighted by molar-refractivity contribution is 5.92. The van der Waals surface area contributed by atoms with Gasteiger partial charge in [-0.1, -0.05) is 0 Å². The molecule has 30 heavy (non-hydrogen) atoms. The molecule has 0 radical (unpaired) electrons. The maximum atomic E-state index is 12.0. The molecule has 0 saturated heterocycles. The Kier molecular flexibility index (Phi) is 5.00. The number of nitrogens with zero attached hydrogens (tertiary/aromatic N) is 7. The second kappa shape index (κ2) is 7.78. The molecule has 154 valence electrons. The molecule has 4 aromatic heterocycles. The standard InChI is InChI=1S/C19H21N9O2/c1-5-30-18(29)12-6-15(11(2)20-7-12)24-16-14-9-21-19(25-17(14)28(4)26-16)23-13-8-22-27(3)10-13/h6-10H,5H2,1-4H3,(H,24,26)(H,21,23,25). The number of aryl methyl sites for hydroxylation is 3. The Bertz CT molecular complexity index is 1230. The summed E-state index contributed by atoms with van der Waals surface area (Å²) in [6.07, 6.45) is 6.70. The molecule has 0 atom stereocenters. The number of nitrogens with one attached hydrogen (secondary N) is 2. The van der Waals surface area contributed by atoms with Gasteiger partial charge in [0.1, 0.15) is 0 Å². The number of ether oxygens (including phenoxy) is 1. The van der Waals surface area contributed by atoms with Gasteiger partial charge in [-0.15, -0.1) is 0 Å². The van der Waals surface area contributed by atoms with Crippen LogP contribution in [0.5, 0.6) is 0 Å². The van der Waals surface area contributed by atoms with Crippen molar-refractivity contribution in [2.45, 2.75) is 13.8 Å². The molecule has 0 unspecified atom stereocenters. The van der Waals surface area contributed by atoms with E-state index in [1.807, 2.05) is 20.2 Å². The van der Waals surface area contributed by atoms with Gasteiger partial charge < -0.3 is 15.4 Å². The lowest BCUT2D eigenvalue weighted by atomic mass is 10.2. The van der Waals surface area contributed by atoms with Gasteiger partial charge in [0.2, 0.25) is 5.95 Å². The molecule has 11 heteroatoms. The van der Waals surface area contributed by atoms with Crippen LogP contribution in [-0.2, 0) is 18.8 Å². The van der Waals surface area contributed by atoms with Crippen molar-refractivity contribution in [3.63, 3.8) is 0 Å². The highest BCUT2D eigenvalue weighted by atomic mass is 16.5. The van der Waals surface area contributed by atoms with Gasteiger partial charge in [-0.25, -0.2) is 14.5 Å². The number of carbonyl (C=O) groups excluding carboxylic acids is 1. The molecule has 0 aliphatic carbocycles. The number of rotatable bonds is 6. The van der Waals surface area contributed by atoms with Crippen LogP contribution in [0, 0.1) is 6.92 Å². The first-order valence-corrected chi connectivity index (χ1v) is 9.30. The predicted octanol–water partition coefficient (Wildman–Crippen LogP) is 2.46. The Balaban J connectivity index is 1.64. The van der Waals surface area contributed by atoms with Gasteiger partial charge in [0, 0.05) is 32.7 Å². The third-order valence-corrected chi connectivity index (χ3v) is 4.39. The van der Waals surface area contributed by atoms with E-state index < -0.39 is 5.97 Å². The lowest BCUT2D eigenvalue weighted by Gasteiger charge is -2.09. The van der Waals surface area contributed by atoms with E-state index in [4.69, 9.17) is 4.74 Å². The largest absolute Gasteiger partial charge is 0.462 e. The number of carbonyl (C=O) groups is 1. The van der Waals surface area contributed by atoms with E-state index in [9.17, 15) is 4.79 Å². The summed E-state index contributed by atoms with van der Waals surface area (Å²) in [6.45, 7) is 3.90. The van der Waals surface area contributed by atoms with E-state index in [1.54, 1.807) is 41.8 Å². The first kappa shape index (κ1) is 19.3. The van der Waals surface area contributed by atoms with Crippen LogP contribution in [0.4, 0.5) is 23.1 Å². The Morgan fingerprint density at radius 1 is 1.17 bits per heavy atom. The monoisotopic (exact) mass is 407 g/mol. The van der Waals surface area contributed by atoms with Crippen molar-refractivity contribution < 1.29 is 9.53 Å². The molecule has 11 nitrogen and oxygen atoms in total. The highest BCUT2D eigenvalue weighted by Crippen LogP contribution is 2.27. The minimum Gasteiger partial charge on any atom is -0.462 e. The summed E-state index contributed by atoms with van der Waals surface area (Å²) < 4.78 is 8.40. The third-order valence-electron chi connectivity index (χ3n) is 4.39.